The minimum atomic E-state index is 0.0735. The third-order valence-corrected chi connectivity index (χ3v) is 4.56. The molecule has 2 N–H and O–H groups in total. The quantitative estimate of drug-likeness (QED) is 0.778. The number of amides is 1. The molecule has 1 aliphatic heterocycles. The number of nitrogens with one attached hydrogen (secondary N) is 2. The molecule has 0 bridgehead atoms. The van der Waals surface area contributed by atoms with E-state index in [2.05, 4.69) is 27.6 Å². The van der Waals surface area contributed by atoms with Crippen molar-refractivity contribution < 1.29 is 4.79 Å². The highest BCUT2D eigenvalue weighted by molar-refractivity contribution is 6.05. The molecule has 4 rings (SSSR count). The summed E-state index contributed by atoms with van der Waals surface area (Å²) in [5.41, 5.74) is 2.62. The molecule has 2 aromatic carbocycles. The van der Waals surface area contributed by atoms with E-state index in [9.17, 15) is 4.79 Å². The van der Waals surface area contributed by atoms with Crippen LogP contribution in [0.2, 0.25) is 0 Å². The first-order valence-electron chi connectivity index (χ1n) is 8.34. The number of hydrogen-bond acceptors (Lipinski definition) is 3. The van der Waals surface area contributed by atoms with E-state index >= 15 is 0 Å². The number of hydrogen-bond donors (Lipinski definition) is 2. The van der Waals surface area contributed by atoms with Gasteiger partial charge in [-0.2, -0.15) is 5.10 Å². The van der Waals surface area contributed by atoms with Crippen LogP contribution in [-0.2, 0) is 0 Å². The molecule has 0 radical (unpaired) electrons. The number of carbonyl (C=O) groups is 1. The summed E-state index contributed by atoms with van der Waals surface area (Å²) >= 11 is 0. The normalized spacial score (nSPS) is 17.8. The number of H-pyrrole nitrogens is 1. The van der Waals surface area contributed by atoms with E-state index in [0.717, 1.165) is 42.5 Å². The second kappa shape index (κ2) is 6.35. The van der Waals surface area contributed by atoms with Gasteiger partial charge in [0.1, 0.15) is 0 Å². The lowest BCUT2D eigenvalue weighted by Gasteiger charge is -2.33. The number of piperidine rings is 1. The van der Waals surface area contributed by atoms with E-state index in [-0.39, 0.29) is 11.9 Å². The van der Waals surface area contributed by atoms with Crippen molar-refractivity contribution in [2.75, 3.05) is 18.4 Å². The van der Waals surface area contributed by atoms with Crippen molar-refractivity contribution in [1.82, 2.24) is 15.1 Å². The summed E-state index contributed by atoms with van der Waals surface area (Å²) in [7, 11) is 0. The van der Waals surface area contributed by atoms with E-state index in [4.69, 9.17) is 0 Å². The molecule has 122 valence electrons. The van der Waals surface area contributed by atoms with E-state index in [1.807, 2.05) is 41.3 Å². The summed E-state index contributed by atoms with van der Waals surface area (Å²) in [4.78, 5) is 14.9. The average molecular weight is 320 g/mol. The fourth-order valence-corrected chi connectivity index (χ4v) is 3.37. The predicted molar refractivity (Wildman–Crippen MR) is 95.1 cm³/mol. The molecular weight excluding hydrogens is 300 g/mol. The van der Waals surface area contributed by atoms with Crippen LogP contribution < -0.4 is 5.32 Å². The first-order valence-corrected chi connectivity index (χ1v) is 8.34. The number of benzene rings is 2. The maximum atomic E-state index is 13.0. The number of rotatable bonds is 3. The Hall–Kier alpha value is -2.82. The number of likely N-dealkylation sites (tertiary alicyclic amines) is 1. The van der Waals surface area contributed by atoms with Gasteiger partial charge in [0.2, 0.25) is 0 Å². The van der Waals surface area contributed by atoms with Crippen molar-refractivity contribution in [2.24, 2.45) is 0 Å². The Kier molecular flexibility index (Phi) is 3.91. The van der Waals surface area contributed by atoms with E-state index in [0.29, 0.717) is 5.56 Å². The van der Waals surface area contributed by atoms with Gasteiger partial charge in [0.05, 0.1) is 17.3 Å². The molecule has 1 aliphatic rings. The zero-order valence-electron chi connectivity index (χ0n) is 13.4. The smallest absolute Gasteiger partial charge is 0.256 e. The highest BCUT2D eigenvalue weighted by Gasteiger charge is 2.25. The third-order valence-electron chi connectivity index (χ3n) is 4.56. The first-order chi connectivity index (χ1) is 11.8. The molecule has 2 heterocycles. The molecule has 5 heteroatoms. The molecule has 24 heavy (non-hydrogen) atoms. The maximum Gasteiger partial charge on any atom is 0.256 e. The number of nitrogens with zero attached hydrogens (tertiary/aromatic N) is 2. The second-order valence-electron chi connectivity index (χ2n) is 6.24. The summed E-state index contributed by atoms with van der Waals surface area (Å²) in [6.45, 7) is 1.52. The molecule has 0 aliphatic carbocycles. The van der Waals surface area contributed by atoms with Crippen LogP contribution in [0.5, 0.6) is 0 Å². The van der Waals surface area contributed by atoms with Crippen LogP contribution in [0, 0.1) is 0 Å². The van der Waals surface area contributed by atoms with Gasteiger partial charge in [-0.1, -0.05) is 30.3 Å². The van der Waals surface area contributed by atoms with Crippen LogP contribution in [-0.4, -0.2) is 40.1 Å². The van der Waals surface area contributed by atoms with Crippen molar-refractivity contribution in [1.29, 1.82) is 0 Å². The van der Waals surface area contributed by atoms with Gasteiger partial charge < -0.3 is 10.2 Å². The Morgan fingerprint density at radius 2 is 2.04 bits per heavy atom. The minimum absolute atomic E-state index is 0.0735. The van der Waals surface area contributed by atoms with Gasteiger partial charge in [-0.25, -0.2) is 0 Å². The molecule has 1 fully saturated rings. The number of fused-ring (bicyclic) bond motifs is 1. The van der Waals surface area contributed by atoms with Gasteiger partial charge in [-0.05, 0) is 31.0 Å². The number of aromatic amines is 1. The Labute approximate surface area is 140 Å². The third kappa shape index (κ3) is 2.85. The molecule has 1 atom stereocenters. The molecular formula is C19H20N4O. The molecule has 3 aromatic rings. The summed E-state index contributed by atoms with van der Waals surface area (Å²) in [6.07, 6.45) is 3.84. The fraction of sp³-hybridized carbons (Fsp3) is 0.263. The fourth-order valence-electron chi connectivity index (χ4n) is 3.37. The predicted octanol–water partition coefficient (Wildman–Crippen LogP) is 3.28. The Morgan fingerprint density at radius 3 is 2.92 bits per heavy atom. The van der Waals surface area contributed by atoms with E-state index in [1.54, 1.807) is 6.20 Å². The molecule has 0 saturated carbocycles. The van der Waals surface area contributed by atoms with Crippen molar-refractivity contribution in [3.8, 4) is 0 Å². The highest BCUT2D eigenvalue weighted by Crippen LogP contribution is 2.21. The van der Waals surface area contributed by atoms with E-state index in [1.165, 1.54) is 0 Å². The Morgan fingerprint density at radius 1 is 1.17 bits per heavy atom. The Bertz CT molecular complexity index is 843. The topological polar surface area (TPSA) is 61.0 Å². The van der Waals surface area contributed by atoms with Gasteiger partial charge in [0.25, 0.3) is 5.91 Å². The summed E-state index contributed by atoms with van der Waals surface area (Å²) in [5.74, 6) is 0.0735. The maximum absolute atomic E-state index is 13.0. The lowest BCUT2D eigenvalue weighted by Crippen LogP contribution is -2.45. The summed E-state index contributed by atoms with van der Waals surface area (Å²) in [5, 5.41) is 11.5. The monoisotopic (exact) mass is 320 g/mol. The largest absolute Gasteiger partial charge is 0.381 e. The molecule has 1 saturated heterocycles. The van der Waals surface area contributed by atoms with Crippen molar-refractivity contribution in [3.05, 3.63) is 60.3 Å². The highest BCUT2D eigenvalue weighted by atomic mass is 16.2. The number of carbonyl (C=O) groups excluding carboxylic acids is 1. The van der Waals surface area contributed by atoms with Gasteiger partial charge >= 0.3 is 0 Å². The van der Waals surface area contributed by atoms with Gasteiger partial charge in [0.15, 0.2) is 0 Å². The Balaban J connectivity index is 1.51. The van der Waals surface area contributed by atoms with Crippen molar-refractivity contribution in [3.63, 3.8) is 0 Å². The van der Waals surface area contributed by atoms with Crippen LogP contribution in [0.3, 0.4) is 0 Å². The first kappa shape index (κ1) is 14.8. The van der Waals surface area contributed by atoms with Crippen molar-refractivity contribution >= 4 is 22.5 Å². The summed E-state index contributed by atoms with van der Waals surface area (Å²) < 4.78 is 0. The van der Waals surface area contributed by atoms with Crippen LogP contribution in [0.25, 0.3) is 10.9 Å². The van der Waals surface area contributed by atoms with Crippen LogP contribution >= 0.6 is 0 Å². The van der Waals surface area contributed by atoms with Crippen LogP contribution in [0.15, 0.2) is 54.7 Å². The van der Waals surface area contributed by atoms with Crippen molar-refractivity contribution in [2.45, 2.75) is 18.9 Å². The molecule has 5 nitrogen and oxygen atoms in total. The SMILES string of the molecule is O=C(c1cccc2cn[nH]c12)N1CCCC(Nc2ccccc2)C1. The zero-order valence-corrected chi connectivity index (χ0v) is 13.4. The van der Waals surface area contributed by atoms with Crippen LogP contribution in [0.1, 0.15) is 23.2 Å². The number of para-hydroxylation sites is 2. The van der Waals surface area contributed by atoms with Gasteiger partial charge in [-0.3, -0.25) is 9.89 Å². The average Bonchev–Trinajstić information content (AvgIpc) is 3.11. The molecule has 1 amide bonds. The summed E-state index contributed by atoms with van der Waals surface area (Å²) in [6, 6.07) is 16.2. The van der Waals surface area contributed by atoms with Gasteiger partial charge in [-0.15, -0.1) is 0 Å². The molecule has 1 unspecified atom stereocenters. The number of aromatic nitrogens is 2. The molecule has 1 aromatic heterocycles. The lowest BCUT2D eigenvalue weighted by atomic mass is 10.0. The standard InChI is InChI=1S/C19H20N4O/c24-19(17-10-4-6-14-12-20-22-18(14)17)23-11-5-9-16(13-23)21-15-7-2-1-3-8-15/h1-4,6-8,10,12,16,21H,5,9,11,13H2,(H,20,22). The zero-order chi connectivity index (χ0) is 16.4. The second-order valence-corrected chi connectivity index (χ2v) is 6.24. The minimum Gasteiger partial charge on any atom is -0.381 e. The molecule has 0 spiro atoms. The van der Waals surface area contributed by atoms with Crippen LogP contribution in [0.4, 0.5) is 5.69 Å². The van der Waals surface area contributed by atoms with Gasteiger partial charge in [0, 0.05) is 30.2 Å². The van der Waals surface area contributed by atoms with E-state index < -0.39 is 0 Å². The lowest BCUT2D eigenvalue weighted by molar-refractivity contribution is 0.0716. The number of anilines is 1.